The van der Waals surface area contributed by atoms with Gasteiger partial charge in [0.1, 0.15) is 0 Å². The first kappa shape index (κ1) is 13.7. The highest BCUT2D eigenvalue weighted by molar-refractivity contribution is 4.94. The molecule has 0 saturated carbocycles. The van der Waals surface area contributed by atoms with Gasteiger partial charge in [0.25, 0.3) is 0 Å². The van der Waals surface area contributed by atoms with Crippen molar-refractivity contribution in [1.82, 2.24) is 5.06 Å². The molecule has 0 aromatic rings. The first-order valence-electron chi connectivity index (χ1n) is 6.43. The molecule has 1 aliphatic rings. The van der Waals surface area contributed by atoms with Crippen LogP contribution in [0.15, 0.2) is 12.7 Å². The average Bonchev–Trinajstić information content (AvgIpc) is 2.16. The number of hydrogen-bond donors (Lipinski definition) is 0. The fourth-order valence-electron chi connectivity index (χ4n) is 2.68. The van der Waals surface area contributed by atoms with Gasteiger partial charge < -0.3 is 0 Å². The number of rotatable bonds is 4. The Hall–Kier alpha value is -0.340. The largest absolute Gasteiger partial charge is 0.291 e. The summed E-state index contributed by atoms with van der Waals surface area (Å²) in [6, 6.07) is 0. The number of hydroxylamine groups is 2. The van der Waals surface area contributed by atoms with E-state index in [4.69, 9.17) is 4.84 Å². The average molecular weight is 225 g/mol. The predicted octanol–water partition coefficient (Wildman–Crippen LogP) is 3.93. The summed E-state index contributed by atoms with van der Waals surface area (Å²) in [6.07, 6.45) is 6.70. The fourth-order valence-corrected chi connectivity index (χ4v) is 2.68. The molecule has 0 bridgehead atoms. The lowest BCUT2D eigenvalue weighted by atomic mass is 9.82. The molecular formula is C14H27NO. The molecule has 2 nitrogen and oxygen atoms in total. The number of nitrogens with zero attached hydrogens (tertiary/aromatic N) is 1. The normalized spacial score (nSPS) is 26.3. The fraction of sp³-hybridized carbons (Fsp3) is 0.857. The maximum Gasteiger partial charge on any atom is 0.0969 e. The van der Waals surface area contributed by atoms with E-state index in [9.17, 15) is 0 Å². The molecule has 0 aliphatic carbocycles. The Kier molecular flexibility index (Phi) is 4.19. The molecule has 0 spiro atoms. The lowest BCUT2D eigenvalue weighted by molar-refractivity contribution is -0.296. The van der Waals surface area contributed by atoms with Gasteiger partial charge in [-0.25, -0.2) is 0 Å². The molecule has 0 N–H and O–H groups in total. The third-order valence-corrected chi connectivity index (χ3v) is 3.58. The zero-order valence-electron chi connectivity index (χ0n) is 11.5. The summed E-state index contributed by atoms with van der Waals surface area (Å²) < 4.78 is 0. The molecule has 1 unspecified atom stereocenters. The molecule has 1 atom stereocenters. The van der Waals surface area contributed by atoms with Gasteiger partial charge in [-0.05, 0) is 53.4 Å². The van der Waals surface area contributed by atoms with Crippen molar-refractivity contribution in [3.05, 3.63) is 12.7 Å². The predicted molar refractivity (Wildman–Crippen MR) is 69.2 cm³/mol. The van der Waals surface area contributed by atoms with E-state index in [1.54, 1.807) is 0 Å². The van der Waals surface area contributed by atoms with Crippen molar-refractivity contribution < 1.29 is 4.84 Å². The van der Waals surface area contributed by atoms with Gasteiger partial charge in [-0.3, -0.25) is 4.84 Å². The molecule has 1 heterocycles. The summed E-state index contributed by atoms with van der Waals surface area (Å²) in [4.78, 5) is 6.14. The minimum Gasteiger partial charge on any atom is -0.291 e. The van der Waals surface area contributed by atoms with E-state index in [1.165, 1.54) is 19.3 Å². The Morgan fingerprint density at radius 3 is 2.12 bits per heavy atom. The Morgan fingerprint density at radius 1 is 1.25 bits per heavy atom. The Bertz CT molecular complexity index is 229. The molecule has 1 rings (SSSR count). The number of piperidine rings is 1. The first-order chi connectivity index (χ1) is 7.33. The van der Waals surface area contributed by atoms with E-state index in [-0.39, 0.29) is 17.2 Å². The first-order valence-corrected chi connectivity index (χ1v) is 6.43. The van der Waals surface area contributed by atoms with Crippen LogP contribution in [-0.4, -0.2) is 22.2 Å². The van der Waals surface area contributed by atoms with Gasteiger partial charge in [-0.2, -0.15) is 5.06 Å². The van der Waals surface area contributed by atoms with E-state index >= 15 is 0 Å². The van der Waals surface area contributed by atoms with Gasteiger partial charge in [0.05, 0.1) is 6.10 Å². The minimum atomic E-state index is 0.123. The molecular weight excluding hydrogens is 198 g/mol. The van der Waals surface area contributed by atoms with Crippen molar-refractivity contribution in [1.29, 1.82) is 0 Å². The lowest BCUT2D eigenvalue weighted by Gasteiger charge is -2.52. The SMILES string of the molecule is C=CC(CC)ON1C(C)(C)CCCC1(C)C. The van der Waals surface area contributed by atoms with Crippen LogP contribution in [-0.2, 0) is 4.84 Å². The highest BCUT2D eigenvalue weighted by atomic mass is 16.7. The lowest BCUT2D eigenvalue weighted by Crippen LogP contribution is -2.59. The Morgan fingerprint density at radius 2 is 1.75 bits per heavy atom. The van der Waals surface area contributed by atoms with Crippen LogP contribution in [0.3, 0.4) is 0 Å². The molecule has 2 heteroatoms. The van der Waals surface area contributed by atoms with E-state index in [0.29, 0.717) is 0 Å². The summed E-state index contributed by atoms with van der Waals surface area (Å²) in [5, 5.41) is 2.21. The summed E-state index contributed by atoms with van der Waals surface area (Å²) in [7, 11) is 0. The molecule has 1 fully saturated rings. The molecule has 0 radical (unpaired) electrons. The third-order valence-electron chi connectivity index (χ3n) is 3.58. The second-order valence-electron chi connectivity index (χ2n) is 6.06. The van der Waals surface area contributed by atoms with Gasteiger partial charge in [0, 0.05) is 11.1 Å². The van der Waals surface area contributed by atoms with Crippen LogP contribution >= 0.6 is 0 Å². The third kappa shape index (κ3) is 2.86. The summed E-state index contributed by atoms with van der Waals surface area (Å²) in [5.41, 5.74) is 0.246. The topological polar surface area (TPSA) is 12.5 Å². The van der Waals surface area contributed by atoms with Gasteiger partial charge in [0.15, 0.2) is 0 Å². The van der Waals surface area contributed by atoms with E-state index in [1.807, 2.05) is 6.08 Å². The van der Waals surface area contributed by atoms with Crippen LogP contribution in [0.4, 0.5) is 0 Å². The van der Waals surface area contributed by atoms with Crippen LogP contribution in [0.1, 0.15) is 60.3 Å². The standard InChI is InChI=1S/C14H27NO/c1-7-12(8-2)16-15-13(3,4)10-9-11-14(15,5)6/h7,12H,1,8-11H2,2-6H3. The molecule has 0 amide bonds. The quantitative estimate of drug-likeness (QED) is 0.672. The van der Waals surface area contributed by atoms with Crippen molar-refractivity contribution in [3.8, 4) is 0 Å². The zero-order valence-corrected chi connectivity index (χ0v) is 11.5. The van der Waals surface area contributed by atoms with Crippen LogP contribution in [0.25, 0.3) is 0 Å². The highest BCUT2D eigenvalue weighted by Crippen LogP contribution is 2.38. The van der Waals surface area contributed by atoms with Gasteiger partial charge in [-0.15, -0.1) is 6.58 Å². The molecule has 16 heavy (non-hydrogen) atoms. The van der Waals surface area contributed by atoms with Gasteiger partial charge in [-0.1, -0.05) is 13.0 Å². The van der Waals surface area contributed by atoms with E-state index < -0.39 is 0 Å². The second-order valence-corrected chi connectivity index (χ2v) is 6.06. The van der Waals surface area contributed by atoms with Gasteiger partial charge >= 0.3 is 0 Å². The number of hydrogen-bond acceptors (Lipinski definition) is 2. The molecule has 1 aliphatic heterocycles. The minimum absolute atomic E-state index is 0.123. The molecule has 0 aromatic carbocycles. The summed E-state index contributed by atoms with van der Waals surface area (Å²) in [6.45, 7) is 15.0. The maximum atomic E-state index is 6.14. The van der Waals surface area contributed by atoms with Crippen LogP contribution in [0, 0.1) is 0 Å². The second kappa shape index (κ2) is 4.89. The van der Waals surface area contributed by atoms with Gasteiger partial charge in [0.2, 0.25) is 0 Å². The molecule has 1 saturated heterocycles. The monoisotopic (exact) mass is 225 g/mol. The van der Waals surface area contributed by atoms with Crippen LogP contribution < -0.4 is 0 Å². The maximum absolute atomic E-state index is 6.14. The summed E-state index contributed by atoms with van der Waals surface area (Å²) in [5.74, 6) is 0. The smallest absolute Gasteiger partial charge is 0.0969 e. The van der Waals surface area contributed by atoms with Crippen molar-refractivity contribution in [2.75, 3.05) is 0 Å². The molecule has 94 valence electrons. The zero-order chi connectivity index (χ0) is 12.4. The van der Waals surface area contributed by atoms with Crippen molar-refractivity contribution in [2.24, 2.45) is 0 Å². The van der Waals surface area contributed by atoms with Crippen molar-refractivity contribution in [3.63, 3.8) is 0 Å². The molecule has 0 aromatic heterocycles. The summed E-state index contributed by atoms with van der Waals surface area (Å²) >= 11 is 0. The van der Waals surface area contributed by atoms with E-state index in [2.05, 4.69) is 46.3 Å². The highest BCUT2D eigenvalue weighted by Gasteiger charge is 2.43. The Balaban J connectivity index is 2.82. The van der Waals surface area contributed by atoms with E-state index in [0.717, 1.165) is 6.42 Å². The van der Waals surface area contributed by atoms with Crippen LogP contribution in [0.2, 0.25) is 0 Å². The Labute approximate surface area is 101 Å². The van der Waals surface area contributed by atoms with Crippen LogP contribution in [0.5, 0.6) is 0 Å². The van der Waals surface area contributed by atoms with Crippen molar-refractivity contribution >= 4 is 0 Å². The van der Waals surface area contributed by atoms with Crippen molar-refractivity contribution in [2.45, 2.75) is 77.5 Å².